The third-order valence-electron chi connectivity index (χ3n) is 3.27. The highest BCUT2D eigenvalue weighted by Gasteiger charge is 2.06. The lowest BCUT2D eigenvalue weighted by Gasteiger charge is -2.11. The van der Waals surface area contributed by atoms with Gasteiger partial charge >= 0.3 is 0 Å². The number of rotatable bonds is 2. The topological polar surface area (TPSA) is 37.8 Å². The van der Waals surface area contributed by atoms with Gasteiger partial charge in [-0.3, -0.25) is 0 Å². The Morgan fingerprint density at radius 2 is 1.50 bits per heavy atom. The standard InChI is InChI=1S/C17H17N3/c1-11-4-7-14(8-5-11)20-16-10-13(3)19-17-15(16)9-6-12(2)18-17/h4-10H,1-3H3,(H,18,19,20). The Morgan fingerprint density at radius 1 is 0.800 bits per heavy atom. The lowest BCUT2D eigenvalue weighted by molar-refractivity contribution is 1.16. The van der Waals surface area contributed by atoms with Crippen molar-refractivity contribution in [2.75, 3.05) is 5.32 Å². The third-order valence-corrected chi connectivity index (χ3v) is 3.27. The van der Waals surface area contributed by atoms with Crippen molar-refractivity contribution in [3.8, 4) is 0 Å². The van der Waals surface area contributed by atoms with Crippen LogP contribution < -0.4 is 5.32 Å². The normalized spacial score (nSPS) is 10.8. The summed E-state index contributed by atoms with van der Waals surface area (Å²) in [5.41, 5.74) is 6.11. The Balaban J connectivity index is 2.08. The summed E-state index contributed by atoms with van der Waals surface area (Å²) in [7, 11) is 0. The van der Waals surface area contributed by atoms with Gasteiger partial charge in [-0.1, -0.05) is 17.7 Å². The van der Waals surface area contributed by atoms with Gasteiger partial charge in [-0.25, -0.2) is 9.97 Å². The molecule has 3 heteroatoms. The van der Waals surface area contributed by atoms with E-state index in [1.807, 2.05) is 19.9 Å². The van der Waals surface area contributed by atoms with E-state index in [9.17, 15) is 0 Å². The number of anilines is 2. The van der Waals surface area contributed by atoms with Gasteiger partial charge in [0.15, 0.2) is 5.65 Å². The maximum Gasteiger partial charge on any atom is 0.161 e. The maximum absolute atomic E-state index is 4.50. The fourth-order valence-corrected chi connectivity index (χ4v) is 2.22. The van der Waals surface area contributed by atoms with Crippen molar-refractivity contribution in [3.05, 3.63) is 59.4 Å². The number of fused-ring (bicyclic) bond motifs is 1. The molecule has 0 saturated carbocycles. The highest BCUT2D eigenvalue weighted by atomic mass is 14.9. The second-order valence-electron chi connectivity index (χ2n) is 5.13. The van der Waals surface area contributed by atoms with Gasteiger partial charge < -0.3 is 5.32 Å². The molecule has 2 aromatic heterocycles. The molecule has 1 N–H and O–H groups in total. The highest BCUT2D eigenvalue weighted by molar-refractivity contribution is 5.91. The molecule has 2 heterocycles. The van der Waals surface area contributed by atoms with Gasteiger partial charge in [0.05, 0.1) is 5.69 Å². The minimum atomic E-state index is 0.791. The summed E-state index contributed by atoms with van der Waals surface area (Å²) in [5, 5.41) is 4.50. The molecule has 0 aliphatic carbocycles. The number of aryl methyl sites for hydroxylation is 3. The molecule has 3 aromatic rings. The van der Waals surface area contributed by atoms with Crippen LogP contribution in [0.25, 0.3) is 11.0 Å². The predicted octanol–water partition coefficient (Wildman–Crippen LogP) is 4.30. The molecule has 0 radical (unpaired) electrons. The number of nitrogens with one attached hydrogen (secondary N) is 1. The molecule has 0 atom stereocenters. The Bertz CT molecular complexity index is 756. The van der Waals surface area contributed by atoms with E-state index in [1.165, 1.54) is 5.56 Å². The summed E-state index contributed by atoms with van der Waals surface area (Å²) in [4.78, 5) is 9.00. The van der Waals surface area contributed by atoms with Crippen LogP contribution in [-0.2, 0) is 0 Å². The van der Waals surface area contributed by atoms with Gasteiger partial charge in [-0.05, 0) is 51.1 Å². The number of pyridine rings is 2. The average Bonchev–Trinajstić information content (AvgIpc) is 2.40. The SMILES string of the molecule is Cc1ccc(Nc2cc(C)nc3nc(C)ccc23)cc1. The first-order chi connectivity index (χ1) is 9.61. The Hall–Kier alpha value is -2.42. The molecule has 0 saturated heterocycles. The van der Waals surface area contributed by atoms with Crippen LogP contribution in [0, 0.1) is 20.8 Å². The fraction of sp³-hybridized carbons (Fsp3) is 0.176. The first-order valence-electron chi connectivity index (χ1n) is 6.70. The van der Waals surface area contributed by atoms with Gasteiger partial charge in [0.2, 0.25) is 0 Å². The first kappa shape index (κ1) is 12.6. The van der Waals surface area contributed by atoms with Crippen LogP contribution in [-0.4, -0.2) is 9.97 Å². The third kappa shape index (κ3) is 2.48. The molecule has 0 fully saturated rings. The van der Waals surface area contributed by atoms with E-state index in [0.717, 1.165) is 33.8 Å². The second-order valence-corrected chi connectivity index (χ2v) is 5.13. The van der Waals surface area contributed by atoms with Crippen molar-refractivity contribution in [1.82, 2.24) is 9.97 Å². The zero-order chi connectivity index (χ0) is 14.1. The summed E-state index contributed by atoms with van der Waals surface area (Å²) < 4.78 is 0. The van der Waals surface area contributed by atoms with Crippen molar-refractivity contribution in [3.63, 3.8) is 0 Å². The van der Waals surface area contributed by atoms with Crippen molar-refractivity contribution in [2.45, 2.75) is 20.8 Å². The van der Waals surface area contributed by atoms with E-state index >= 15 is 0 Å². The van der Waals surface area contributed by atoms with Crippen molar-refractivity contribution in [1.29, 1.82) is 0 Å². The van der Waals surface area contributed by atoms with E-state index < -0.39 is 0 Å². The van der Waals surface area contributed by atoms with E-state index in [-0.39, 0.29) is 0 Å². The van der Waals surface area contributed by atoms with Crippen LogP contribution in [0.1, 0.15) is 17.0 Å². The number of hydrogen-bond donors (Lipinski definition) is 1. The smallest absolute Gasteiger partial charge is 0.161 e. The molecule has 0 aliphatic rings. The lowest BCUT2D eigenvalue weighted by Crippen LogP contribution is -1.96. The minimum Gasteiger partial charge on any atom is -0.355 e. The van der Waals surface area contributed by atoms with Gasteiger partial charge in [-0.15, -0.1) is 0 Å². The summed E-state index contributed by atoms with van der Waals surface area (Å²) in [6.07, 6.45) is 0. The number of aromatic nitrogens is 2. The largest absolute Gasteiger partial charge is 0.355 e. The molecule has 1 aromatic carbocycles. The number of hydrogen-bond acceptors (Lipinski definition) is 3. The van der Waals surface area contributed by atoms with Gasteiger partial charge in [0, 0.05) is 22.5 Å². The van der Waals surface area contributed by atoms with Crippen LogP contribution in [0.5, 0.6) is 0 Å². The molecule has 0 amide bonds. The summed E-state index contributed by atoms with van der Waals surface area (Å²) in [6.45, 7) is 6.06. The monoisotopic (exact) mass is 263 g/mol. The van der Waals surface area contributed by atoms with Crippen molar-refractivity contribution >= 4 is 22.4 Å². The van der Waals surface area contributed by atoms with Gasteiger partial charge in [-0.2, -0.15) is 0 Å². The number of nitrogens with zero attached hydrogens (tertiary/aromatic N) is 2. The quantitative estimate of drug-likeness (QED) is 0.749. The van der Waals surface area contributed by atoms with Gasteiger partial charge in [0.25, 0.3) is 0 Å². The molecule has 20 heavy (non-hydrogen) atoms. The average molecular weight is 263 g/mol. The van der Waals surface area contributed by atoms with Crippen molar-refractivity contribution < 1.29 is 0 Å². The minimum absolute atomic E-state index is 0.791. The van der Waals surface area contributed by atoms with Crippen LogP contribution in [0.15, 0.2) is 42.5 Å². The first-order valence-corrected chi connectivity index (χ1v) is 6.70. The van der Waals surface area contributed by atoms with Crippen LogP contribution >= 0.6 is 0 Å². The molecule has 100 valence electrons. The predicted molar refractivity (Wildman–Crippen MR) is 83.5 cm³/mol. The highest BCUT2D eigenvalue weighted by Crippen LogP contribution is 2.25. The summed E-state index contributed by atoms with van der Waals surface area (Å²) in [6, 6.07) is 14.5. The van der Waals surface area contributed by atoms with E-state index in [2.05, 4.69) is 58.6 Å². The summed E-state index contributed by atoms with van der Waals surface area (Å²) >= 11 is 0. The molecular weight excluding hydrogens is 246 g/mol. The zero-order valence-electron chi connectivity index (χ0n) is 11.9. The van der Waals surface area contributed by atoms with Crippen LogP contribution in [0.2, 0.25) is 0 Å². The molecule has 0 bridgehead atoms. The Morgan fingerprint density at radius 3 is 2.25 bits per heavy atom. The fourth-order valence-electron chi connectivity index (χ4n) is 2.22. The molecule has 0 aliphatic heterocycles. The molecule has 0 unspecified atom stereocenters. The Labute approximate surface area is 118 Å². The summed E-state index contributed by atoms with van der Waals surface area (Å²) in [5.74, 6) is 0. The second kappa shape index (κ2) is 4.93. The lowest BCUT2D eigenvalue weighted by atomic mass is 10.2. The van der Waals surface area contributed by atoms with Crippen molar-refractivity contribution in [2.24, 2.45) is 0 Å². The van der Waals surface area contributed by atoms with E-state index in [0.29, 0.717) is 0 Å². The maximum atomic E-state index is 4.50. The molecule has 3 rings (SSSR count). The molecule has 0 spiro atoms. The van der Waals surface area contributed by atoms with Crippen LogP contribution in [0.3, 0.4) is 0 Å². The van der Waals surface area contributed by atoms with Gasteiger partial charge in [0.1, 0.15) is 0 Å². The zero-order valence-corrected chi connectivity index (χ0v) is 11.9. The number of benzene rings is 1. The molecular formula is C17H17N3. The van der Waals surface area contributed by atoms with E-state index in [1.54, 1.807) is 0 Å². The molecule has 3 nitrogen and oxygen atoms in total. The van der Waals surface area contributed by atoms with Crippen LogP contribution in [0.4, 0.5) is 11.4 Å². The Kier molecular flexibility index (Phi) is 3.11. The van der Waals surface area contributed by atoms with E-state index in [4.69, 9.17) is 0 Å².